The fourth-order valence-electron chi connectivity index (χ4n) is 6.30. The molecule has 0 aromatic carbocycles. The first-order chi connectivity index (χ1) is 22.0. The van der Waals surface area contributed by atoms with E-state index in [4.69, 9.17) is 47.4 Å². The summed E-state index contributed by atoms with van der Waals surface area (Å²) in [5, 5.41) is 74.4. The molecule has 8 N–H and O–H groups in total. The van der Waals surface area contributed by atoms with E-state index in [1.165, 1.54) is 14.2 Å². The highest BCUT2D eigenvalue weighted by Crippen LogP contribution is 2.35. The molecule has 0 spiro atoms. The Morgan fingerprint density at radius 2 is 0.750 bits per heavy atom. The van der Waals surface area contributed by atoms with Crippen LogP contribution >= 0.6 is 0 Å². The minimum absolute atomic E-state index is 0.0972. The monoisotopic (exact) mass is 704 g/mol. The fraction of sp³-hybridized carbons (Fsp3) is 1.00. The van der Waals surface area contributed by atoms with E-state index in [2.05, 4.69) is 0 Å². The number of hydrogen-bond acceptors (Lipinski definition) is 18. The number of fused-ring (bicyclic) bond motifs is 2. The van der Waals surface area contributed by atoms with Gasteiger partial charge in [-0.3, -0.25) is 0 Å². The zero-order valence-electron chi connectivity index (χ0n) is 29.2. The minimum Gasteiger partial charge on any atom is -0.387 e. The van der Waals surface area contributed by atoms with Crippen LogP contribution in [0.2, 0.25) is 0 Å². The smallest absolute Gasteiger partial charge is 0.184 e. The highest BCUT2D eigenvalue weighted by atomic mass is 16.8. The summed E-state index contributed by atoms with van der Waals surface area (Å²) in [6.45, 7) is 14.9. The van der Waals surface area contributed by atoms with Gasteiger partial charge in [-0.15, -0.1) is 0 Å². The molecule has 18 nitrogen and oxygen atoms in total. The number of rotatable bonds is 2. The zero-order valence-corrected chi connectivity index (χ0v) is 29.2. The van der Waals surface area contributed by atoms with Gasteiger partial charge in [-0.25, -0.2) is 0 Å². The number of hydrogen-bond donors (Lipinski definition) is 8. The number of aliphatic hydroxyl groups is 8. The van der Waals surface area contributed by atoms with Gasteiger partial charge >= 0.3 is 0 Å². The van der Waals surface area contributed by atoms with Crippen molar-refractivity contribution in [3.8, 4) is 0 Å². The Morgan fingerprint density at radius 1 is 0.438 bits per heavy atom. The summed E-state index contributed by atoms with van der Waals surface area (Å²) in [7, 11) is 2.84. The molecule has 0 aliphatic carbocycles. The summed E-state index contributed by atoms with van der Waals surface area (Å²) >= 11 is 0. The van der Waals surface area contributed by atoms with Crippen LogP contribution in [0.5, 0.6) is 0 Å². The quantitative estimate of drug-likeness (QED) is 0.147. The van der Waals surface area contributed by atoms with Gasteiger partial charge < -0.3 is 88.2 Å². The molecular formula is C30H56O18. The summed E-state index contributed by atoms with van der Waals surface area (Å²) in [5.74, 6) is -1.14. The van der Waals surface area contributed by atoms with Crippen LogP contribution in [0.15, 0.2) is 0 Å². The van der Waals surface area contributed by atoms with Crippen LogP contribution in [-0.4, -0.2) is 177 Å². The maximum Gasteiger partial charge on any atom is 0.184 e. The number of methoxy groups -OCH3 is 2. The first kappa shape index (κ1) is 41.7. The SMILES string of the molecule is CC1(C)O[C@@H]2COC(O)[C@@H]2O1.CC1(C)O[C@H]2COC(O)[C@H]2O1.CO[C@@H]1[C@@H](O)[C@@H](O)C(O)OC1(C)C.CO[C@H]1[C@H](O)[C@H](O)C(O)OC1(C)C. The van der Waals surface area contributed by atoms with Crippen LogP contribution in [0.4, 0.5) is 0 Å². The van der Waals surface area contributed by atoms with E-state index in [1.807, 2.05) is 27.7 Å². The molecule has 0 saturated carbocycles. The largest absolute Gasteiger partial charge is 0.387 e. The number of ether oxygens (including phenoxy) is 10. The lowest BCUT2D eigenvalue weighted by atomic mass is 9.90. The summed E-state index contributed by atoms with van der Waals surface area (Å²) in [6, 6.07) is 0. The Morgan fingerprint density at radius 3 is 1.02 bits per heavy atom. The van der Waals surface area contributed by atoms with E-state index in [-0.39, 0.29) is 24.4 Å². The van der Waals surface area contributed by atoms with Crippen molar-refractivity contribution in [3.63, 3.8) is 0 Å². The van der Waals surface area contributed by atoms with Crippen molar-refractivity contribution < 1.29 is 88.2 Å². The van der Waals surface area contributed by atoms with Crippen LogP contribution in [0, 0.1) is 0 Å². The molecule has 0 aromatic heterocycles. The van der Waals surface area contributed by atoms with Crippen molar-refractivity contribution in [2.45, 2.75) is 164 Å². The second-order valence-electron chi connectivity index (χ2n) is 14.2. The second-order valence-corrected chi connectivity index (χ2v) is 14.2. The Kier molecular flexibility index (Phi) is 13.8. The van der Waals surface area contributed by atoms with Crippen molar-refractivity contribution in [2.75, 3.05) is 27.4 Å². The summed E-state index contributed by atoms with van der Waals surface area (Å²) in [6.07, 6.45) is -11.4. The fourth-order valence-corrected chi connectivity index (χ4v) is 6.30. The molecule has 6 saturated heterocycles. The van der Waals surface area contributed by atoms with E-state index >= 15 is 0 Å². The van der Waals surface area contributed by atoms with E-state index in [9.17, 15) is 40.9 Å². The summed E-state index contributed by atoms with van der Waals surface area (Å²) < 4.78 is 51.6. The molecule has 14 atom stereocenters. The van der Waals surface area contributed by atoms with Crippen molar-refractivity contribution in [1.82, 2.24) is 0 Å². The van der Waals surface area contributed by atoms with Gasteiger partial charge in [0.05, 0.1) is 24.4 Å². The van der Waals surface area contributed by atoms with Gasteiger partial charge in [0.15, 0.2) is 36.7 Å². The predicted octanol–water partition coefficient (Wildman–Crippen LogP) is -2.59. The normalized spacial score (nSPS) is 46.1. The van der Waals surface area contributed by atoms with Crippen molar-refractivity contribution in [2.24, 2.45) is 0 Å². The molecule has 0 amide bonds. The molecular weight excluding hydrogens is 648 g/mol. The molecule has 48 heavy (non-hydrogen) atoms. The Balaban J connectivity index is 0.000000174. The molecule has 4 unspecified atom stereocenters. The molecule has 6 fully saturated rings. The van der Waals surface area contributed by atoms with Crippen molar-refractivity contribution in [1.29, 1.82) is 0 Å². The lowest BCUT2D eigenvalue weighted by Gasteiger charge is -2.45. The third kappa shape index (κ3) is 9.78. The Labute approximate surface area is 280 Å². The van der Waals surface area contributed by atoms with Crippen molar-refractivity contribution in [3.05, 3.63) is 0 Å². The van der Waals surface area contributed by atoms with E-state index in [0.29, 0.717) is 13.2 Å². The Hall–Kier alpha value is -0.720. The van der Waals surface area contributed by atoms with Crippen LogP contribution < -0.4 is 0 Å². The molecule has 284 valence electrons. The van der Waals surface area contributed by atoms with Gasteiger partial charge in [-0.05, 0) is 55.4 Å². The molecule has 18 heteroatoms. The molecule has 6 aliphatic heterocycles. The minimum atomic E-state index is -1.36. The summed E-state index contributed by atoms with van der Waals surface area (Å²) in [4.78, 5) is 0. The van der Waals surface area contributed by atoms with Crippen molar-refractivity contribution >= 4 is 0 Å². The Bertz CT molecular complexity index is 932. The van der Waals surface area contributed by atoms with Crippen LogP contribution in [-0.2, 0) is 47.4 Å². The maximum atomic E-state index is 9.53. The molecule has 0 radical (unpaired) electrons. The van der Waals surface area contributed by atoms with Gasteiger partial charge in [-0.1, -0.05) is 0 Å². The van der Waals surface area contributed by atoms with Gasteiger partial charge in [-0.2, -0.15) is 0 Å². The first-order valence-corrected chi connectivity index (χ1v) is 15.8. The number of aliphatic hydroxyl groups excluding tert-OH is 8. The second kappa shape index (κ2) is 15.9. The highest BCUT2D eigenvalue weighted by Gasteiger charge is 2.52. The van der Waals surface area contributed by atoms with E-state index in [1.54, 1.807) is 27.7 Å². The van der Waals surface area contributed by atoms with Gasteiger partial charge in [0.2, 0.25) is 0 Å². The van der Waals surface area contributed by atoms with Crippen LogP contribution in [0.25, 0.3) is 0 Å². The van der Waals surface area contributed by atoms with Crippen LogP contribution in [0.1, 0.15) is 55.4 Å². The maximum absolute atomic E-state index is 9.53. The zero-order chi connectivity index (χ0) is 36.6. The molecule has 6 aliphatic rings. The molecule has 0 bridgehead atoms. The average Bonchev–Trinajstić information content (AvgIpc) is 3.66. The third-order valence-corrected chi connectivity index (χ3v) is 8.50. The van der Waals surface area contributed by atoms with Gasteiger partial charge in [0.25, 0.3) is 0 Å². The van der Waals surface area contributed by atoms with Gasteiger partial charge in [0, 0.05) is 14.2 Å². The van der Waals surface area contributed by atoms with E-state index in [0.717, 1.165) is 0 Å². The lowest BCUT2D eigenvalue weighted by molar-refractivity contribution is -0.314. The van der Waals surface area contributed by atoms with E-state index < -0.39 is 84.6 Å². The summed E-state index contributed by atoms with van der Waals surface area (Å²) in [5.41, 5.74) is -1.63. The van der Waals surface area contributed by atoms with Gasteiger partial charge in [0.1, 0.15) is 61.0 Å². The highest BCUT2D eigenvalue weighted by molar-refractivity contribution is 4.96. The molecule has 0 aromatic rings. The third-order valence-electron chi connectivity index (χ3n) is 8.50. The lowest BCUT2D eigenvalue weighted by Crippen LogP contribution is -2.62. The molecule has 6 rings (SSSR count). The van der Waals surface area contributed by atoms with Crippen LogP contribution in [0.3, 0.4) is 0 Å². The first-order valence-electron chi connectivity index (χ1n) is 15.8. The topological polar surface area (TPSA) is 254 Å². The standard InChI is InChI=1S/2C8H16O5.2C7H12O4/c2*1-8(2)6(12-3)4(9)5(10)7(11)13-8;2*1-7(2)10-4-3-9-6(8)5(4)11-7/h2*4-7,9-11H,1-3H3;2*4-6,8H,3H2,1-2H3/t2*4-,5+,6+,7?;2*4-,5-,6?/m1010/s1. The predicted molar refractivity (Wildman–Crippen MR) is 160 cm³/mol. The molecule has 6 heterocycles. The average molecular weight is 705 g/mol.